The van der Waals surface area contributed by atoms with Crippen molar-refractivity contribution in [3.05, 3.63) is 10.4 Å². The van der Waals surface area contributed by atoms with Crippen molar-refractivity contribution in [3.8, 4) is 0 Å². The van der Waals surface area contributed by atoms with Crippen molar-refractivity contribution in [3.63, 3.8) is 0 Å². The number of aliphatic hydroxyl groups is 3. The van der Waals surface area contributed by atoms with Crippen LogP contribution in [0, 0.1) is 0 Å². The summed E-state index contributed by atoms with van der Waals surface area (Å²) >= 11 is 0. The third-order valence-corrected chi connectivity index (χ3v) is 1.95. The van der Waals surface area contributed by atoms with Crippen LogP contribution in [0.1, 0.15) is 0 Å². The van der Waals surface area contributed by atoms with Crippen molar-refractivity contribution in [1.29, 1.82) is 0 Å². The van der Waals surface area contributed by atoms with Crippen LogP contribution in [0.5, 0.6) is 0 Å². The molecule has 8 heteroatoms. The first kappa shape index (κ1) is 11.2. The highest BCUT2D eigenvalue weighted by molar-refractivity contribution is 4.90. The minimum atomic E-state index is -1.76. The van der Waals surface area contributed by atoms with Crippen LogP contribution < -0.4 is 0 Å². The molecule has 0 aromatic heterocycles. The van der Waals surface area contributed by atoms with Crippen LogP contribution in [0.3, 0.4) is 0 Å². The average Bonchev–Trinajstić information content (AvgIpc) is 2.42. The van der Waals surface area contributed by atoms with Crippen LogP contribution in [0.2, 0.25) is 0 Å². The molecule has 1 saturated heterocycles. The molecule has 0 amide bonds. The van der Waals surface area contributed by atoms with Gasteiger partial charge in [0, 0.05) is 4.91 Å². The molecule has 1 rings (SSSR count). The summed E-state index contributed by atoms with van der Waals surface area (Å²) < 4.78 is 17.7. The molecule has 1 fully saturated rings. The summed E-state index contributed by atoms with van der Waals surface area (Å²) in [5.41, 5.74) is 7.92. The van der Waals surface area contributed by atoms with Gasteiger partial charge in [0.05, 0.1) is 6.54 Å². The first-order chi connectivity index (χ1) is 6.57. The molecule has 0 aliphatic carbocycles. The van der Waals surface area contributed by atoms with Crippen molar-refractivity contribution in [2.24, 2.45) is 5.11 Å². The van der Waals surface area contributed by atoms with Gasteiger partial charge in [0.25, 0.3) is 0 Å². The fourth-order valence-corrected chi connectivity index (χ4v) is 1.20. The maximum Gasteiger partial charge on any atom is 0.184 e. The second kappa shape index (κ2) is 4.54. The van der Waals surface area contributed by atoms with E-state index in [1.165, 1.54) is 0 Å². The Bertz CT molecular complexity index is 247. The maximum atomic E-state index is 13.1. The third-order valence-electron chi connectivity index (χ3n) is 1.95. The molecule has 0 saturated carbocycles. The van der Waals surface area contributed by atoms with Gasteiger partial charge in [-0.25, -0.2) is 4.39 Å². The van der Waals surface area contributed by atoms with Gasteiger partial charge < -0.3 is 20.1 Å². The number of nitrogens with zero attached hydrogens (tertiary/aromatic N) is 3. The van der Waals surface area contributed by atoms with Crippen LogP contribution in [0.4, 0.5) is 4.39 Å². The Hall–Kier alpha value is -0.920. The first-order valence-corrected chi connectivity index (χ1v) is 3.92. The Morgan fingerprint density at radius 1 is 1.43 bits per heavy atom. The minimum Gasteiger partial charge on any atom is -0.387 e. The van der Waals surface area contributed by atoms with Crippen LogP contribution in [0.25, 0.3) is 10.4 Å². The number of halogens is 1. The lowest BCUT2D eigenvalue weighted by molar-refractivity contribution is -0.136. The van der Waals surface area contributed by atoms with E-state index in [0.29, 0.717) is 0 Å². The second-order valence-corrected chi connectivity index (χ2v) is 2.90. The van der Waals surface area contributed by atoms with Gasteiger partial charge >= 0.3 is 0 Å². The van der Waals surface area contributed by atoms with E-state index in [9.17, 15) is 9.50 Å². The van der Waals surface area contributed by atoms with Crippen molar-refractivity contribution in [1.82, 2.24) is 0 Å². The number of ether oxygens (including phenoxy) is 1. The number of hydrogen-bond donors (Lipinski definition) is 3. The smallest absolute Gasteiger partial charge is 0.184 e. The molecule has 0 radical (unpaired) electrons. The van der Waals surface area contributed by atoms with Crippen molar-refractivity contribution < 1.29 is 24.4 Å². The lowest BCUT2D eigenvalue weighted by atomic mass is 10.1. The zero-order chi connectivity index (χ0) is 10.7. The molecule has 0 bridgehead atoms. The van der Waals surface area contributed by atoms with Crippen LogP contribution >= 0.6 is 0 Å². The van der Waals surface area contributed by atoms with E-state index in [-0.39, 0.29) is 0 Å². The first-order valence-electron chi connectivity index (χ1n) is 3.92. The molecule has 1 heterocycles. The van der Waals surface area contributed by atoms with E-state index in [1.54, 1.807) is 0 Å². The standard InChI is InChI=1S/C6H10FN3O4/c7-2(1-9-10-8)5-3(11)4(12)6(13)14-5/h2-6,11-13H,1H2/t2-,3-,4-,5-,6?/m1/s1. The molecule has 0 spiro atoms. The molecule has 1 aliphatic rings. The lowest BCUT2D eigenvalue weighted by Crippen LogP contribution is -2.38. The molecule has 3 N–H and O–H groups in total. The highest BCUT2D eigenvalue weighted by Crippen LogP contribution is 2.23. The SMILES string of the molecule is [N-]=[N+]=NC[C@@H](F)[C@H]1OC(O)[C@H](O)[C@H]1O. The predicted octanol–water partition coefficient (Wildman–Crippen LogP) is -0.926. The quantitative estimate of drug-likeness (QED) is 0.314. The Morgan fingerprint density at radius 3 is 2.50 bits per heavy atom. The molecule has 0 aromatic rings. The van der Waals surface area contributed by atoms with Gasteiger partial charge in [-0.05, 0) is 5.53 Å². The molecule has 80 valence electrons. The van der Waals surface area contributed by atoms with E-state index < -0.39 is 37.3 Å². The lowest BCUT2D eigenvalue weighted by Gasteiger charge is -2.16. The minimum absolute atomic E-state index is 0.516. The normalized spacial score (nSPS) is 39.1. The van der Waals surface area contributed by atoms with Gasteiger partial charge in [0.1, 0.15) is 24.5 Å². The number of azide groups is 1. The van der Waals surface area contributed by atoms with Gasteiger partial charge in [0.15, 0.2) is 6.29 Å². The number of hydrogen-bond acceptors (Lipinski definition) is 5. The van der Waals surface area contributed by atoms with Crippen molar-refractivity contribution in [2.45, 2.75) is 30.8 Å². The van der Waals surface area contributed by atoms with Gasteiger partial charge in [0.2, 0.25) is 0 Å². The largest absolute Gasteiger partial charge is 0.387 e. The van der Waals surface area contributed by atoms with E-state index >= 15 is 0 Å². The van der Waals surface area contributed by atoms with Gasteiger partial charge in [-0.2, -0.15) is 0 Å². The highest BCUT2D eigenvalue weighted by Gasteiger charge is 2.45. The van der Waals surface area contributed by atoms with Gasteiger partial charge in [-0.1, -0.05) is 5.11 Å². The topological polar surface area (TPSA) is 119 Å². The molecule has 7 nitrogen and oxygen atoms in total. The Kier molecular flexibility index (Phi) is 3.62. The van der Waals surface area contributed by atoms with Gasteiger partial charge in [-0.15, -0.1) is 0 Å². The molecular formula is C6H10FN3O4. The third kappa shape index (κ3) is 2.11. The number of aliphatic hydroxyl groups excluding tert-OH is 3. The molecular weight excluding hydrogens is 197 g/mol. The zero-order valence-corrected chi connectivity index (χ0v) is 7.06. The van der Waals surface area contributed by atoms with Crippen LogP contribution in [-0.2, 0) is 4.74 Å². The number of alkyl halides is 1. The second-order valence-electron chi connectivity index (χ2n) is 2.90. The molecule has 14 heavy (non-hydrogen) atoms. The maximum absolute atomic E-state index is 13.1. The Morgan fingerprint density at radius 2 is 2.07 bits per heavy atom. The summed E-state index contributed by atoms with van der Waals surface area (Å²) in [7, 11) is 0. The summed E-state index contributed by atoms with van der Waals surface area (Å²) in [6.07, 6.45) is -7.80. The van der Waals surface area contributed by atoms with Crippen LogP contribution in [0.15, 0.2) is 5.11 Å². The zero-order valence-electron chi connectivity index (χ0n) is 7.06. The molecule has 5 atom stereocenters. The fourth-order valence-electron chi connectivity index (χ4n) is 1.20. The summed E-state index contributed by atoms with van der Waals surface area (Å²) in [6, 6.07) is 0. The summed E-state index contributed by atoms with van der Waals surface area (Å²) in [6.45, 7) is -0.516. The average molecular weight is 207 g/mol. The van der Waals surface area contributed by atoms with Crippen LogP contribution in [-0.4, -0.2) is 52.6 Å². The highest BCUT2D eigenvalue weighted by atomic mass is 19.1. The number of rotatable bonds is 3. The van der Waals surface area contributed by atoms with E-state index in [0.717, 1.165) is 0 Å². The van der Waals surface area contributed by atoms with Crippen molar-refractivity contribution >= 4 is 0 Å². The molecule has 1 aliphatic heterocycles. The monoisotopic (exact) mass is 207 g/mol. The van der Waals surface area contributed by atoms with E-state index in [4.69, 9.17) is 15.7 Å². The Balaban J connectivity index is 2.56. The predicted molar refractivity (Wildman–Crippen MR) is 41.8 cm³/mol. The van der Waals surface area contributed by atoms with E-state index in [2.05, 4.69) is 14.8 Å². The fraction of sp³-hybridized carbons (Fsp3) is 1.00. The molecule has 0 aromatic carbocycles. The van der Waals surface area contributed by atoms with Gasteiger partial charge in [-0.3, -0.25) is 0 Å². The van der Waals surface area contributed by atoms with Crippen molar-refractivity contribution in [2.75, 3.05) is 6.54 Å². The summed E-state index contributed by atoms with van der Waals surface area (Å²) in [5.74, 6) is 0. The summed E-state index contributed by atoms with van der Waals surface area (Å²) in [4.78, 5) is 2.33. The molecule has 1 unspecified atom stereocenters. The Labute approximate surface area is 78.4 Å². The van der Waals surface area contributed by atoms with E-state index in [1.807, 2.05) is 0 Å². The summed E-state index contributed by atoms with van der Waals surface area (Å²) in [5, 5.41) is 30.1.